The Labute approximate surface area is 95.4 Å². The van der Waals surface area contributed by atoms with Gasteiger partial charge in [-0.25, -0.2) is 0 Å². The predicted octanol–water partition coefficient (Wildman–Crippen LogP) is 1.86. The first-order valence-corrected chi connectivity index (χ1v) is 5.09. The van der Waals surface area contributed by atoms with Crippen LogP contribution in [0.3, 0.4) is 0 Å². The molecule has 0 saturated carbocycles. The quantitative estimate of drug-likeness (QED) is 0.455. The van der Waals surface area contributed by atoms with Gasteiger partial charge in [0, 0.05) is 5.56 Å². The Kier molecular flexibility index (Phi) is 3.80. The minimum atomic E-state index is 0.180. The van der Waals surface area contributed by atoms with Crippen molar-refractivity contribution in [2.24, 2.45) is 10.8 Å². The maximum absolute atomic E-state index is 5.29. The highest BCUT2D eigenvalue weighted by atomic mass is 32.1. The highest BCUT2D eigenvalue weighted by Gasteiger charge is 2.01. The van der Waals surface area contributed by atoms with Crippen molar-refractivity contribution in [1.82, 2.24) is 5.43 Å². The second-order valence-corrected chi connectivity index (χ2v) is 3.93. The normalized spacial score (nSPS) is 11.3. The Hall–Kier alpha value is -1.42. The van der Waals surface area contributed by atoms with Crippen LogP contribution in [0.2, 0.25) is 0 Å². The van der Waals surface area contributed by atoms with Crippen LogP contribution in [0.1, 0.15) is 23.6 Å². The second kappa shape index (κ2) is 4.89. The summed E-state index contributed by atoms with van der Waals surface area (Å²) in [4.78, 5) is 0. The lowest BCUT2D eigenvalue weighted by atomic mass is 10.0. The van der Waals surface area contributed by atoms with Crippen molar-refractivity contribution in [3.63, 3.8) is 0 Å². The first-order chi connectivity index (χ1) is 7.00. The van der Waals surface area contributed by atoms with E-state index in [0.29, 0.717) is 0 Å². The fourth-order valence-corrected chi connectivity index (χ4v) is 1.46. The van der Waals surface area contributed by atoms with Crippen LogP contribution in [0.4, 0.5) is 0 Å². The highest BCUT2D eigenvalue weighted by molar-refractivity contribution is 7.80. The average Bonchev–Trinajstić information content (AvgIpc) is 2.14. The summed E-state index contributed by atoms with van der Waals surface area (Å²) in [6.07, 6.45) is 0. The Bertz CT molecular complexity index is 410. The standard InChI is InChI=1S/C11H15N3S/c1-7-4-5-10(8(2)6-7)9(3)13-14-11(12)15/h4-6H,1-3H3,(H3,12,14,15). The van der Waals surface area contributed by atoms with Gasteiger partial charge in [0.15, 0.2) is 5.11 Å². The molecule has 0 radical (unpaired) electrons. The minimum Gasteiger partial charge on any atom is -0.375 e. The van der Waals surface area contributed by atoms with Gasteiger partial charge in [0.25, 0.3) is 0 Å². The number of thiocarbonyl (C=S) groups is 1. The van der Waals surface area contributed by atoms with Crippen LogP contribution in [-0.2, 0) is 0 Å². The molecule has 0 spiro atoms. The third-order valence-electron chi connectivity index (χ3n) is 2.11. The van der Waals surface area contributed by atoms with Gasteiger partial charge in [-0.1, -0.05) is 23.8 Å². The van der Waals surface area contributed by atoms with Crippen LogP contribution >= 0.6 is 12.2 Å². The first-order valence-electron chi connectivity index (χ1n) is 4.68. The Morgan fingerprint density at radius 2 is 2.07 bits per heavy atom. The molecule has 1 aromatic rings. The lowest BCUT2D eigenvalue weighted by molar-refractivity contribution is 1.03. The fraction of sp³-hybridized carbons (Fsp3) is 0.273. The van der Waals surface area contributed by atoms with Crippen molar-refractivity contribution in [3.8, 4) is 0 Å². The van der Waals surface area contributed by atoms with Crippen LogP contribution in [0.25, 0.3) is 0 Å². The maximum atomic E-state index is 5.29. The van der Waals surface area contributed by atoms with Gasteiger partial charge in [0.2, 0.25) is 0 Å². The zero-order chi connectivity index (χ0) is 11.4. The molecule has 0 aliphatic rings. The first kappa shape index (κ1) is 11.7. The summed E-state index contributed by atoms with van der Waals surface area (Å²) >= 11 is 4.68. The third kappa shape index (κ3) is 3.32. The van der Waals surface area contributed by atoms with Gasteiger partial charge in [-0.05, 0) is 38.6 Å². The zero-order valence-electron chi connectivity index (χ0n) is 9.16. The molecule has 0 aliphatic carbocycles. The number of benzene rings is 1. The molecule has 0 bridgehead atoms. The molecule has 1 aromatic carbocycles. The molecule has 4 heteroatoms. The number of hydrogen-bond acceptors (Lipinski definition) is 2. The molecule has 0 aromatic heterocycles. The summed E-state index contributed by atoms with van der Waals surface area (Å²) in [5, 5.41) is 4.26. The Morgan fingerprint density at radius 1 is 1.40 bits per heavy atom. The van der Waals surface area contributed by atoms with E-state index in [1.807, 2.05) is 13.0 Å². The molecule has 0 saturated heterocycles. The molecular formula is C11H15N3S. The van der Waals surface area contributed by atoms with Crippen molar-refractivity contribution in [2.45, 2.75) is 20.8 Å². The third-order valence-corrected chi connectivity index (χ3v) is 2.20. The van der Waals surface area contributed by atoms with Crippen molar-refractivity contribution in [1.29, 1.82) is 0 Å². The van der Waals surface area contributed by atoms with Gasteiger partial charge in [-0.2, -0.15) is 5.10 Å². The molecule has 0 unspecified atom stereocenters. The van der Waals surface area contributed by atoms with Crippen molar-refractivity contribution < 1.29 is 0 Å². The molecule has 0 heterocycles. The molecule has 0 atom stereocenters. The number of nitrogens with two attached hydrogens (primary N) is 1. The van der Waals surface area contributed by atoms with Crippen LogP contribution < -0.4 is 11.2 Å². The topological polar surface area (TPSA) is 50.4 Å². The molecule has 15 heavy (non-hydrogen) atoms. The highest BCUT2D eigenvalue weighted by Crippen LogP contribution is 2.11. The van der Waals surface area contributed by atoms with E-state index in [4.69, 9.17) is 5.73 Å². The smallest absolute Gasteiger partial charge is 0.184 e. The van der Waals surface area contributed by atoms with Crippen LogP contribution in [0.15, 0.2) is 23.3 Å². The van der Waals surface area contributed by atoms with Crippen molar-refractivity contribution in [3.05, 3.63) is 34.9 Å². The molecule has 3 N–H and O–H groups in total. The van der Waals surface area contributed by atoms with Gasteiger partial charge in [0.05, 0.1) is 5.71 Å². The number of nitrogens with one attached hydrogen (secondary N) is 1. The SMILES string of the molecule is CC(=NNC(N)=S)c1ccc(C)cc1C. The molecule has 80 valence electrons. The van der Waals surface area contributed by atoms with Crippen LogP contribution in [0, 0.1) is 13.8 Å². The number of aryl methyl sites for hydroxylation is 2. The molecule has 0 fully saturated rings. The summed E-state index contributed by atoms with van der Waals surface area (Å²) in [5.41, 5.74) is 12.3. The predicted molar refractivity (Wildman–Crippen MR) is 68.0 cm³/mol. The van der Waals surface area contributed by atoms with E-state index in [0.717, 1.165) is 11.3 Å². The van der Waals surface area contributed by atoms with Crippen molar-refractivity contribution in [2.75, 3.05) is 0 Å². The van der Waals surface area contributed by atoms with Crippen LogP contribution in [0.5, 0.6) is 0 Å². The number of rotatable bonds is 2. The Morgan fingerprint density at radius 3 is 2.60 bits per heavy atom. The van der Waals surface area contributed by atoms with Crippen molar-refractivity contribution >= 4 is 23.0 Å². The van der Waals surface area contributed by atoms with E-state index < -0.39 is 0 Å². The summed E-state index contributed by atoms with van der Waals surface area (Å²) in [6, 6.07) is 6.22. The fourth-order valence-electron chi connectivity index (χ4n) is 1.42. The van der Waals surface area contributed by atoms with E-state index in [-0.39, 0.29) is 5.11 Å². The summed E-state index contributed by atoms with van der Waals surface area (Å²) in [6.45, 7) is 6.04. The molecule has 1 rings (SSSR count). The largest absolute Gasteiger partial charge is 0.375 e. The van der Waals surface area contributed by atoms with E-state index in [9.17, 15) is 0 Å². The van der Waals surface area contributed by atoms with E-state index in [2.05, 4.69) is 48.7 Å². The number of hydrogen-bond donors (Lipinski definition) is 2. The van der Waals surface area contributed by atoms with Gasteiger partial charge in [0.1, 0.15) is 0 Å². The van der Waals surface area contributed by atoms with E-state index in [1.54, 1.807) is 0 Å². The Balaban J connectivity index is 2.95. The number of hydrazone groups is 1. The van der Waals surface area contributed by atoms with Gasteiger partial charge >= 0.3 is 0 Å². The lowest BCUT2D eigenvalue weighted by Gasteiger charge is -2.06. The summed E-state index contributed by atoms with van der Waals surface area (Å²) in [7, 11) is 0. The maximum Gasteiger partial charge on any atom is 0.184 e. The molecule has 0 amide bonds. The van der Waals surface area contributed by atoms with E-state index >= 15 is 0 Å². The molecular weight excluding hydrogens is 206 g/mol. The number of nitrogens with zero attached hydrogens (tertiary/aromatic N) is 1. The zero-order valence-corrected chi connectivity index (χ0v) is 9.98. The minimum absolute atomic E-state index is 0.180. The average molecular weight is 221 g/mol. The lowest BCUT2D eigenvalue weighted by Crippen LogP contribution is -2.25. The van der Waals surface area contributed by atoms with Crippen LogP contribution in [-0.4, -0.2) is 10.8 Å². The van der Waals surface area contributed by atoms with E-state index in [1.165, 1.54) is 11.1 Å². The molecule has 3 nitrogen and oxygen atoms in total. The van der Waals surface area contributed by atoms with Gasteiger partial charge < -0.3 is 5.73 Å². The summed E-state index contributed by atoms with van der Waals surface area (Å²) < 4.78 is 0. The monoisotopic (exact) mass is 221 g/mol. The summed E-state index contributed by atoms with van der Waals surface area (Å²) in [5.74, 6) is 0. The molecule has 0 aliphatic heterocycles. The van der Waals surface area contributed by atoms with Gasteiger partial charge in [-0.15, -0.1) is 0 Å². The second-order valence-electron chi connectivity index (χ2n) is 3.49. The van der Waals surface area contributed by atoms with Gasteiger partial charge in [-0.3, -0.25) is 5.43 Å².